The highest BCUT2D eigenvalue weighted by Gasteiger charge is 2.46. The van der Waals surface area contributed by atoms with Crippen molar-refractivity contribution in [3.63, 3.8) is 0 Å². The highest BCUT2D eigenvalue weighted by atomic mass is 35.5. The standard InChI is InChI=1S/C19H18ClFN2O5/c20-14-9-11(5-6-15(14)21)22-16(24)10-28-17(25)7-8-23-18(26)12-3-1-2-4-13(12)19(23)27/h1-2,5-6,9,12-13H,3-4,7-8,10H2,(H,22,24)/t12-,13-/m0/s1. The van der Waals surface area contributed by atoms with Gasteiger partial charge in [0.25, 0.3) is 5.91 Å². The average Bonchev–Trinajstić information content (AvgIpc) is 2.92. The molecule has 1 fully saturated rings. The number of carbonyl (C=O) groups is 4. The van der Waals surface area contributed by atoms with E-state index < -0.39 is 24.3 Å². The minimum Gasteiger partial charge on any atom is -0.456 e. The largest absolute Gasteiger partial charge is 0.456 e. The van der Waals surface area contributed by atoms with Crippen LogP contribution in [0.1, 0.15) is 19.3 Å². The number of nitrogens with one attached hydrogen (secondary N) is 1. The monoisotopic (exact) mass is 408 g/mol. The molecule has 28 heavy (non-hydrogen) atoms. The Labute approximate surface area is 165 Å². The zero-order valence-corrected chi connectivity index (χ0v) is 15.6. The van der Waals surface area contributed by atoms with Crippen molar-refractivity contribution in [1.29, 1.82) is 0 Å². The first-order valence-corrected chi connectivity index (χ1v) is 9.15. The number of hydrogen-bond donors (Lipinski definition) is 1. The summed E-state index contributed by atoms with van der Waals surface area (Å²) in [6, 6.07) is 3.65. The number of benzene rings is 1. The molecule has 2 aliphatic rings. The number of fused-ring (bicyclic) bond motifs is 1. The Kier molecular flexibility index (Phi) is 6.08. The fourth-order valence-electron chi connectivity index (χ4n) is 3.28. The highest BCUT2D eigenvalue weighted by Crippen LogP contribution is 2.35. The predicted molar refractivity (Wildman–Crippen MR) is 97.7 cm³/mol. The Morgan fingerprint density at radius 1 is 1.18 bits per heavy atom. The topological polar surface area (TPSA) is 92.8 Å². The fraction of sp³-hybridized carbons (Fsp3) is 0.368. The van der Waals surface area contributed by atoms with Crippen molar-refractivity contribution in [2.24, 2.45) is 11.8 Å². The van der Waals surface area contributed by atoms with E-state index in [2.05, 4.69) is 5.32 Å². The Balaban J connectivity index is 1.43. The molecule has 3 rings (SSSR count). The van der Waals surface area contributed by atoms with Gasteiger partial charge in [-0.25, -0.2) is 4.39 Å². The SMILES string of the molecule is O=C(COC(=O)CCN1C(=O)[C@H]2CC=CC[C@@H]2C1=O)Nc1ccc(F)c(Cl)c1. The minimum absolute atomic E-state index is 0.0707. The molecule has 1 heterocycles. The van der Waals surface area contributed by atoms with Crippen LogP contribution in [0.4, 0.5) is 10.1 Å². The van der Waals surface area contributed by atoms with E-state index in [0.29, 0.717) is 12.8 Å². The summed E-state index contributed by atoms with van der Waals surface area (Å²) in [4.78, 5) is 49.3. The number of anilines is 1. The summed E-state index contributed by atoms with van der Waals surface area (Å²) in [5.74, 6) is -3.17. The molecule has 1 aromatic rings. The van der Waals surface area contributed by atoms with E-state index in [1.165, 1.54) is 12.1 Å². The molecule has 2 atom stereocenters. The van der Waals surface area contributed by atoms with Crippen LogP contribution in [0.5, 0.6) is 0 Å². The Morgan fingerprint density at radius 3 is 2.43 bits per heavy atom. The molecule has 7 nitrogen and oxygen atoms in total. The lowest BCUT2D eigenvalue weighted by molar-refractivity contribution is -0.148. The number of hydrogen-bond acceptors (Lipinski definition) is 5. The molecule has 0 saturated carbocycles. The minimum atomic E-state index is -0.708. The molecule has 3 amide bonds. The molecular weight excluding hydrogens is 391 g/mol. The number of rotatable bonds is 6. The van der Waals surface area contributed by atoms with Gasteiger partial charge in [0, 0.05) is 12.2 Å². The third-order valence-electron chi connectivity index (χ3n) is 4.71. The summed E-state index contributed by atoms with van der Waals surface area (Å²) in [7, 11) is 0. The van der Waals surface area contributed by atoms with Crippen LogP contribution >= 0.6 is 11.6 Å². The van der Waals surface area contributed by atoms with Gasteiger partial charge in [0.05, 0.1) is 23.3 Å². The molecule has 0 unspecified atom stereocenters. The van der Waals surface area contributed by atoms with Gasteiger partial charge in [-0.2, -0.15) is 0 Å². The summed E-state index contributed by atoms with van der Waals surface area (Å²) in [6.45, 7) is -0.621. The van der Waals surface area contributed by atoms with Crippen molar-refractivity contribution in [2.75, 3.05) is 18.5 Å². The molecular formula is C19H18ClFN2O5. The lowest BCUT2D eigenvalue weighted by Crippen LogP contribution is -2.33. The molecule has 148 valence electrons. The normalized spacial score (nSPS) is 20.9. The van der Waals surface area contributed by atoms with Crippen molar-refractivity contribution in [3.05, 3.63) is 41.2 Å². The van der Waals surface area contributed by atoms with Gasteiger partial charge in [0.2, 0.25) is 11.8 Å². The van der Waals surface area contributed by atoms with Crippen LogP contribution in [0.2, 0.25) is 5.02 Å². The van der Waals surface area contributed by atoms with Gasteiger partial charge in [-0.3, -0.25) is 24.1 Å². The van der Waals surface area contributed by atoms with Crippen LogP contribution in [0.3, 0.4) is 0 Å². The summed E-state index contributed by atoms with van der Waals surface area (Å²) in [6.07, 6.45) is 4.64. The molecule has 0 radical (unpaired) electrons. The van der Waals surface area contributed by atoms with Gasteiger partial charge in [-0.05, 0) is 31.0 Å². The number of carbonyl (C=O) groups excluding carboxylic acids is 4. The second-order valence-corrected chi connectivity index (χ2v) is 6.98. The summed E-state index contributed by atoms with van der Waals surface area (Å²) in [5.41, 5.74) is 0.261. The number of allylic oxidation sites excluding steroid dienone is 2. The van der Waals surface area contributed by atoms with Crippen molar-refractivity contribution in [1.82, 2.24) is 4.90 Å². The van der Waals surface area contributed by atoms with Crippen LogP contribution in [0, 0.1) is 17.7 Å². The first kappa shape index (κ1) is 20.0. The Morgan fingerprint density at radius 2 is 1.82 bits per heavy atom. The number of likely N-dealkylation sites (tertiary alicyclic amines) is 1. The molecule has 1 aromatic carbocycles. The van der Waals surface area contributed by atoms with Gasteiger partial charge in [-0.15, -0.1) is 0 Å². The van der Waals surface area contributed by atoms with Crippen LogP contribution in [0.15, 0.2) is 30.4 Å². The molecule has 0 aromatic heterocycles. The van der Waals surface area contributed by atoms with Crippen LogP contribution in [0.25, 0.3) is 0 Å². The molecule has 9 heteroatoms. The van der Waals surface area contributed by atoms with Gasteiger partial charge in [0.1, 0.15) is 5.82 Å². The molecule has 0 spiro atoms. The van der Waals surface area contributed by atoms with Gasteiger partial charge in [0.15, 0.2) is 6.61 Å². The first-order valence-electron chi connectivity index (χ1n) is 8.77. The number of amides is 3. The quantitative estimate of drug-likeness (QED) is 0.443. The van der Waals surface area contributed by atoms with Crippen LogP contribution in [-0.2, 0) is 23.9 Å². The predicted octanol–water partition coefficient (Wildman–Crippen LogP) is 2.30. The average molecular weight is 409 g/mol. The Hall–Kier alpha value is -2.74. The smallest absolute Gasteiger partial charge is 0.308 e. The molecule has 1 N–H and O–H groups in total. The van der Waals surface area contributed by atoms with E-state index in [4.69, 9.17) is 16.3 Å². The number of halogens is 2. The van der Waals surface area contributed by atoms with Crippen LogP contribution < -0.4 is 5.32 Å². The highest BCUT2D eigenvalue weighted by molar-refractivity contribution is 6.31. The third kappa shape index (κ3) is 4.39. The molecule has 0 bridgehead atoms. The second kappa shape index (κ2) is 8.52. The number of nitrogens with zero attached hydrogens (tertiary/aromatic N) is 1. The molecule has 1 aliphatic heterocycles. The number of esters is 1. The maximum absolute atomic E-state index is 13.1. The molecule has 1 saturated heterocycles. The van der Waals surface area contributed by atoms with Gasteiger partial charge >= 0.3 is 5.97 Å². The summed E-state index contributed by atoms with van der Waals surface area (Å²) < 4.78 is 17.9. The van der Waals surface area contributed by atoms with E-state index in [1.54, 1.807) is 0 Å². The molecule has 1 aliphatic carbocycles. The lowest BCUT2D eigenvalue weighted by atomic mass is 9.85. The van der Waals surface area contributed by atoms with Crippen molar-refractivity contribution < 1.29 is 28.3 Å². The summed E-state index contributed by atoms with van der Waals surface area (Å²) >= 11 is 5.62. The Bertz CT molecular complexity index is 831. The van der Waals surface area contributed by atoms with E-state index in [1.807, 2.05) is 12.2 Å². The van der Waals surface area contributed by atoms with E-state index in [9.17, 15) is 23.6 Å². The first-order chi connectivity index (χ1) is 13.4. The van der Waals surface area contributed by atoms with Crippen molar-refractivity contribution >= 4 is 41.0 Å². The van der Waals surface area contributed by atoms with Gasteiger partial charge < -0.3 is 10.1 Å². The summed E-state index contributed by atoms with van der Waals surface area (Å²) in [5, 5.41) is 2.27. The maximum Gasteiger partial charge on any atom is 0.308 e. The van der Waals surface area contributed by atoms with Crippen LogP contribution in [-0.4, -0.2) is 41.7 Å². The van der Waals surface area contributed by atoms with E-state index >= 15 is 0 Å². The fourth-order valence-corrected chi connectivity index (χ4v) is 3.46. The number of imide groups is 1. The van der Waals surface area contributed by atoms with Gasteiger partial charge in [-0.1, -0.05) is 23.8 Å². The zero-order chi connectivity index (χ0) is 20.3. The second-order valence-electron chi connectivity index (χ2n) is 6.57. The number of ether oxygens (including phenoxy) is 1. The van der Waals surface area contributed by atoms with E-state index in [-0.39, 0.29) is 47.3 Å². The zero-order valence-electron chi connectivity index (χ0n) is 14.8. The maximum atomic E-state index is 13.1. The van der Waals surface area contributed by atoms with Crippen molar-refractivity contribution in [2.45, 2.75) is 19.3 Å². The van der Waals surface area contributed by atoms with E-state index in [0.717, 1.165) is 11.0 Å². The third-order valence-corrected chi connectivity index (χ3v) is 5.00. The van der Waals surface area contributed by atoms with Crippen molar-refractivity contribution in [3.8, 4) is 0 Å². The lowest BCUT2D eigenvalue weighted by Gasteiger charge is -2.14.